The van der Waals surface area contributed by atoms with Crippen LogP contribution in [0.1, 0.15) is 11.1 Å². The van der Waals surface area contributed by atoms with Crippen LogP contribution in [0, 0.1) is 0 Å². The van der Waals surface area contributed by atoms with E-state index in [2.05, 4.69) is 0 Å². The molecule has 0 aliphatic rings. The zero-order valence-electron chi connectivity index (χ0n) is 13.3. The second kappa shape index (κ2) is 6.46. The average Bonchev–Trinajstić information content (AvgIpc) is 2.53. The molecule has 2 aromatic carbocycles. The number of rotatable bonds is 4. The van der Waals surface area contributed by atoms with Crippen LogP contribution in [0.2, 0.25) is 5.02 Å². The van der Waals surface area contributed by atoms with Crippen molar-refractivity contribution in [3.8, 4) is 0 Å². The lowest BCUT2D eigenvalue weighted by atomic mass is 9.80. The molecule has 0 aliphatic heterocycles. The maximum atomic E-state index is 14.4. The summed E-state index contributed by atoms with van der Waals surface area (Å²) in [5, 5.41) is 10.3. The van der Waals surface area contributed by atoms with Crippen molar-refractivity contribution < 1.29 is 27.1 Å². The summed E-state index contributed by atoms with van der Waals surface area (Å²) in [5.41, 5.74) is -4.68. The van der Waals surface area contributed by atoms with Crippen molar-refractivity contribution in [2.45, 2.75) is 17.7 Å². The van der Waals surface area contributed by atoms with Gasteiger partial charge in [0.2, 0.25) is 0 Å². The van der Waals surface area contributed by atoms with Crippen LogP contribution >= 0.6 is 11.6 Å². The van der Waals surface area contributed by atoms with Crippen LogP contribution in [-0.4, -0.2) is 31.3 Å². The molecule has 1 N–H and O–H groups in total. The molecule has 0 amide bonds. The SMILES string of the molecule is CN(C)c1cccc(C(O)(c2ccccc2Cl)C(F)(F)C(F)(F)F)c1. The summed E-state index contributed by atoms with van der Waals surface area (Å²) in [6.07, 6.45) is -5.99. The second-order valence-corrected chi connectivity index (χ2v) is 6.11. The van der Waals surface area contributed by atoms with Crippen LogP contribution in [0.3, 0.4) is 0 Å². The van der Waals surface area contributed by atoms with E-state index in [0.29, 0.717) is 5.69 Å². The zero-order valence-corrected chi connectivity index (χ0v) is 14.0. The standard InChI is InChI=1S/C17H15ClF5NO/c1-24(2)12-7-5-6-11(10-12)15(25,16(19,20)17(21,22)23)13-8-3-4-9-14(13)18/h3-10,25H,1-2H3. The molecule has 0 fully saturated rings. The number of aliphatic hydroxyl groups is 1. The first kappa shape index (κ1) is 19.5. The van der Waals surface area contributed by atoms with Gasteiger partial charge in [0.1, 0.15) is 0 Å². The summed E-state index contributed by atoms with van der Waals surface area (Å²) in [6.45, 7) is 0. The Bertz CT molecular complexity index is 763. The van der Waals surface area contributed by atoms with Crippen LogP contribution in [0.5, 0.6) is 0 Å². The van der Waals surface area contributed by atoms with Gasteiger partial charge in [-0.05, 0) is 23.8 Å². The van der Waals surface area contributed by atoms with Gasteiger partial charge in [0, 0.05) is 30.4 Å². The van der Waals surface area contributed by atoms with Gasteiger partial charge in [-0.1, -0.05) is 41.9 Å². The summed E-state index contributed by atoms with van der Waals surface area (Å²) < 4.78 is 68.2. The van der Waals surface area contributed by atoms with Gasteiger partial charge in [-0.25, -0.2) is 0 Å². The number of halogens is 6. The minimum absolute atomic E-state index is 0.348. The first-order valence-corrected chi connectivity index (χ1v) is 7.50. The highest BCUT2D eigenvalue weighted by atomic mass is 35.5. The summed E-state index contributed by atoms with van der Waals surface area (Å²) in [6, 6.07) is 9.58. The number of alkyl halides is 5. The van der Waals surface area contributed by atoms with E-state index < -0.39 is 33.8 Å². The molecule has 0 saturated carbocycles. The molecule has 25 heavy (non-hydrogen) atoms. The van der Waals surface area contributed by atoms with Gasteiger partial charge in [0.15, 0.2) is 5.60 Å². The Balaban J connectivity index is 2.83. The monoisotopic (exact) mass is 379 g/mol. The minimum atomic E-state index is -5.99. The van der Waals surface area contributed by atoms with Crippen LogP contribution in [0.25, 0.3) is 0 Å². The topological polar surface area (TPSA) is 23.5 Å². The largest absolute Gasteiger partial charge is 0.457 e. The van der Waals surface area contributed by atoms with Crippen molar-refractivity contribution in [1.82, 2.24) is 0 Å². The molecule has 8 heteroatoms. The highest BCUT2D eigenvalue weighted by Gasteiger charge is 2.71. The van der Waals surface area contributed by atoms with Crippen molar-refractivity contribution in [1.29, 1.82) is 0 Å². The summed E-state index contributed by atoms with van der Waals surface area (Å²) in [5.74, 6) is -5.48. The highest BCUT2D eigenvalue weighted by molar-refractivity contribution is 6.31. The highest BCUT2D eigenvalue weighted by Crippen LogP contribution is 2.53. The van der Waals surface area contributed by atoms with Crippen LogP contribution in [0.15, 0.2) is 48.5 Å². The van der Waals surface area contributed by atoms with Crippen molar-refractivity contribution in [2.24, 2.45) is 0 Å². The maximum absolute atomic E-state index is 14.4. The molecule has 1 atom stereocenters. The fourth-order valence-electron chi connectivity index (χ4n) is 2.47. The van der Waals surface area contributed by atoms with E-state index in [9.17, 15) is 27.1 Å². The smallest absolute Gasteiger partial charge is 0.378 e. The molecule has 136 valence electrons. The fraction of sp³-hybridized carbons (Fsp3) is 0.294. The van der Waals surface area contributed by atoms with Crippen molar-refractivity contribution in [2.75, 3.05) is 19.0 Å². The van der Waals surface area contributed by atoms with Crippen molar-refractivity contribution >= 4 is 17.3 Å². The van der Waals surface area contributed by atoms with E-state index in [4.69, 9.17) is 11.6 Å². The molecule has 0 radical (unpaired) electrons. The lowest BCUT2D eigenvalue weighted by Crippen LogP contribution is -2.55. The number of anilines is 1. The first-order chi connectivity index (χ1) is 11.4. The number of benzene rings is 2. The molecular weight excluding hydrogens is 365 g/mol. The normalized spacial score (nSPS) is 14.9. The van der Waals surface area contributed by atoms with E-state index in [1.165, 1.54) is 29.2 Å². The third kappa shape index (κ3) is 3.18. The van der Waals surface area contributed by atoms with Crippen molar-refractivity contribution in [3.05, 3.63) is 64.7 Å². The van der Waals surface area contributed by atoms with E-state index in [1.807, 2.05) is 0 Å². The van der Waals surface area contributed by atoms with Gasteiger partial charge in [0.25, 0.3) is 0 Å². The molecule has 0 heterocycles. The number of hydrogen-bond donors (Lipinski definition) is 1. The Hall–Kier alpha value is -1.86. The van der Waals surface area contributed by atoms with Crippen LogP contribution < -0.4 is 4.90 Å². The summed E-state index contributed by atoms with van der Waals surface area (Å²) in [4.78, 5) is 1.52. The zero-order chi connectivity index (χ0) is 19.0. The predicted octanol–water partition coefficient (Wildman–Crippen LogP) is 4.84. The maximum Gasteiger partial charge on any atom is 0.457 e. The predicted molar refractivity (Wildman–Crippen MR) is 86.2 cm³/mol. The minimum Gasteiger partial charge on any atom is -0.378 e. The first-order valence-electron chi connectivity index (χ1n) is 7.12. The van der Waals surface area contributed by atoms with Gasteiger partial charge in [0.05, 0.1) is 0 Å². The molecule has 0 spiro atoms. The van der Waals surface area contributed by atoms with E-state index in [1.54, 1.807) is 14.1 Å². The van der Waals surface area contributed by atoms with Gasteiger partial charge < -0.3 is 10.0 Å². The molecule has 0 aromatic heterocycles. The van der Waals surface area contributed by atoms with Crippen LogP contribution in [0.4, 0.5) is 27.6 Å². The van der Waals surface area contributed by atoms with E-state index in [-0.39, 0.29) is 0 Å². The van der Waals surface area contributed by atoms with Gasteiger partial charge >= 0.3 is 12.1 Å². The third-order valence-corrected chi connectivity index (χ3v) is 4.18. The number of nitrogens with zero attached hydrogens (tertiary/aromatic N) is 1. The van der Waals surface area contributed by atoms with E-state index >= 15 is 0 Å². The Morgan fingerprint density at radius 2 is 1.52 bits per heavy atom. The molecule has 2 rings (SSSR count). The molecule has 2 nitrogen and oxygen atoms in total. The van der Waals surface area contributed by atoms with Crippen molar-refractivity contribution in [3.63, 3.8) is 0 Å². The molecule has 1 unspecified atom stereocenters. The van der Waals surface area contributed by atoms with Gasteiger partial charge in [-0.2, -0.15) is 22.0 Å². The van der Waals surface area contributed by atoms with E-state index in [0.717, 1.165) is 24.3 Å². The fourth-order valence-corrected chi connectivity index (χ4v) is 2.75. The summed E-state index contributed by atoms with van der Waals surface area (Å²) in [7, 11) is 3.19. The van der Waals surface area contributed by atoms with Crippen LogP contribution in [-0.2, 0) is 5.60 Å². The quantitative estimate of drug-likeness (QED) is 0.768. The molecule has 0 aliphatic carbocycles. The summed E-state index contributed by atoms with van der Waals surface area (Å²) >= 11 is 5.85. The Morgan fingerprint density at radius 3 is 2.04 bits per heavy atom. The Labute approximate surface area is 146 Å². The lowest BCUT2D eigenvalue weighted by molar-refractivity contribution is -0.336. The average molecular weight is 380 g/mol. The molecule has 0 saturated heterocycles. The molecular formula is C17H15ClF5NO. The molecule has 0 bridgehead atoms. The third-order valence-electron chi connectivity index (χ3n) is 3.85. The van der Waals surface area contributed by atoms with Gasteiger partial charge in [-0.15, -0.1) is 0 Å². The number of hydrogen-bond acceptors (Lipinski definition) is 2. The molecule has 2 aromatic rings. The van der Waals surface area contributed by atoms with Gasteiger partial charge in [-0.3, -0.25) is 0 Å². The second-order valence-electron chi connectivity index (χ2n) is 5.71. The lowest BCUT2D eigenvalue weighted by Gasteiger charge is -2.38. The Morgan fingerprint density at radius 1 is 0.920 bits per heavy atom. The Kier molecular flexibility index (Phi) is 5.03.